The van der Waals surface area contributed by atoms with E-state index in [2.05, 4.69) is 27.4 Å². The number of aryl methyl sites for hydroxylation is 1. The molecule has 0 aliphatic rings. The van der Waals surface area contributed by atoms with Gasteiger partial charge in [-0.05, 0) is 67.5 Å². The van der Waals surface area contributed by atoms with Crippen LogP contribution in [0.15, 0.2) is 47.3 Å². The lowest BCUT2D eigenvalue weighted by atomic mass is 10.0. The second-order valence-electron chi connectivity index (χ2n) is 9.65. The van der Waals surface area contributed by atoms with Crippen molar-refractivity contribution in [1.29, 1.82) is 0 Å². The Balaban J connectivity index is 1.14. The normalized spacial score (nSPS) is 12.2. The number of aliphatic hydroxyl groups is 2. The van der Waals surface area contributed by atoms with Crippen molar-refractivity contribution in [2.75, 3.05) is 26.3 Å². The van der Waals surface area contributed by atoms with E-state index in [-0.39, 0.29) is 18.2 Å². The first kappa shape index (κ1) is 29.4. The van der Waals surface area contributed by atoms with Crippen molar-refractivity contribution in [2.24, 2.45) is 0 Å². The molecular weight excluding hydrogens is 486 g/mol. The van der Waals surface area contributed by atoms with Gasteiger partial charge < -0.3 is 35.5 Å². The van der Waals surface area contributed by atoms with Crippen LogP contribution in [0.1, 0.15) is 72.6 Å². The number of hydrogen-bond donors (Lipinski definition) is 7. The summed E-state index contributed by atoms with van der Waals surface area (Å²) in [5.74, 6) is -0.0648. The average molecular weight is 528 g/mol. The maximum atomic E-state index is 11.2. The molecule has 1 atom stereocenters. The highest BCUT2D eigenvalue weighted by Crippen LogP contribution is 2.22. The fourth-order valence-corrected chi connectivity index (χ4v) is 4.31. The minimum absolute atomic E-state index is 0.0380. The van der Waals surface area contributed by atoms with E-state index in [0.717, 1.165) is 70.3 Å². The maximum absolute atomic E-state index is 11.2. The lowest BCUT2D eigenvalue weighted by molar-refractivity contribution is 0.126. The number of aromatic nitrogens is 2. The van der Waals surface area contributed by atoms with E-state index in [9.17, 15) is 25.2 Å². The van der Waals surface area contributed by atoms with Gasteiger partial charge in [0.15, 0.2) is 0 Å². The van der Waals surface area contributed by atoms with Gasteiger partial charge in [0.2, 0.25) is 5.88 Å². The standard InChI is InChI=1S/C29H41N3O6/c33-20-24-18-23(12-13-26(24)34)27(35)19-30-14-4-1-2-5-15-38-16-6-3-7-21-8-10-22(11-9-21)17-25-28(36)32-29(37)31-25/h8-13,18,27,30,33-36H,1-7,14-17,19-20H2,(H2,31,32,37)/t27-/m0/s1. The van der Waals surface area contributed by atoms with Gasteiger partial charge in [-0.3, -0.25) is 4.98 Å². The predicted octanol–water partition coefficient (Wildman–Crippen LogP) is 3.42. The quantitative estimate of drug-likeness (QED) is 0.125. The van der Waals surface area contributed by atoms with Gasteiger partial charge in [0, 0.05) is 31.7 Å². The summed E-state index contributed by atoms with van der Waals surface area (Å²) in [5.41, 5.74) is 3.49. The first-order valence-corrected chi connectivity index (χ1v) is 13.4. The van der Waals surface area contributed by atoms with Crippen LogP contribution in [0.5, 0.6) is 11.6 Å². The van der Waals surface area contributed by atoms with Crippen LogP contribution < -0.4 is 11.0 Å². The molecule has 208 valence electrons. The highest BCUT2D eigenvalue weighted by molar-refractivity contribution is 5.36. The zero-order chi connectivity index (χ0) is 27.2. The van der Waals surface area contributed by atoms with Gasteiger partial charge in [-0.25, -0.2) is 4.79 Å². The van der Waals surface area contributed by atoms with Gasteiger partial charge in [0.1, 0.15) is 5.75 Å². The molecule has 3 aromatic rings. The molecule has 0 amide bonds. The molecule has 0 aliphatic heterocycles. The second-order valence-corrected chi connectivity index (χ2v) is 9.65. The van der Waals surface area contributed by atoms with E-state index in [1.165, 1.54) is 11.6 Å². The molecule has 9 nitrogen and oxygen atoms in total. The van der Waals surface area contributed by atoms with Crippen LogP contribution in [0.4, 0.5) is 0 Å². The Morgan fingerprint density at radius 3 is 2.29 bits per heavy atom. The number of phenols is 1. The lowest BCUT2D eigenvalue weighted by Gasteiger charge is -2.14. The molecule has 0 radical (unpaired) electrons. The fourth-order valence-electron chi connectivity index (χ4n) is 4.31. The molecule has 7 N–H and O–H groups in total. The summed E-state index contributed by atoms with van der Waals surface area (Å²) in [5, 5.41) is 42.0. The van der Waals surface area contributed by atoms with Crippen LogP contribution in [0, 0.1) is 0 Å². The lowest BCUT2D eigenvalue weighted by Crippen LogP contribution is -2.22. The molecule has 0 unspecified atom stereocenters. The Kier molecular flexibility index (Phi) is 12.4. The number of H-pyrrole nitrogens is 2. The van der Waals surface area contributed by atoms with Gasteiger partial charge in [-0.15, -0.1) is 0 Å². The fraction of sp³-hybridized carbons (Fsp3) is 0.483. The van der Waals surface area contributed by atoms with Crippen molar-refractivity contribution in [3.05, 3.63) is 80.9 Å². The van der Waals surface area contributed by atoms with Crippen LogP contribution in [0.2, 0.25) is 0 Å². The van der Waals surface area contributed by atoms with Crippen LogP contribution in [-0.4, -0.2) is 56.7 Å². The molecule has 1 aromatic heterocycles. The number of unbranched alkanes of at least 4 members (excludes halogenated alkanes) is 4. The molecule has 0 saturated heterocycles. The number of imidazole rings is 1. The number of benzene rings is 2. The summed E-state index contributed by atoms with van der Waals surface area (Å²) < 4.78 is 5.77. The molecule has 0 spiro atoms. The Bertz CT molecular complexity index is 1140. The smallest absolute Gasteiger partial charge is 0.325 e. The summed E-state index contributed by atoms with van der Waals surface area (Å²) in [7, 11) is 0. The summed E-state index contributed by atoms with van der Waals surface area (Å²) >= 11 is 0. The van der Waals surface area contributed by atoms with Crippen molar-refractivity contribution in [3.8, 4) is 11.6 Å². The van der Waals surface area contributed by atoms with Gasteiger partial charge in [-0.1, -0.05) is 43.2 Å². The second kappa shape index (κ2) is 16.0. The third-order valence-corrected chi connectivity index (χ3v) is 6.58. The minimum atomic E-state index is -0.674. The Hall–Kier alpha value is -3.11. The van der Waals surface area contributed by atoms with Crippen molar-refractivity contribution in [2.45, 2.75) is 64.1 Å². The number of ether oxygens (including phenoxy) is 1. The molecule has 38 heavy (non-hydrogen) atoms. The van der Waals surface area contributed by atoms with E-state index in [4.69, 9.17) is 4.74 Å². The highest BCUT2D eigenvalue weighted by atomic mass is 16.5. The molecule has 0 aliphatic carbocycles. The van der Waals surface area contributed by atoms with Gasteiger partial charge >= 0.3 is 5.69 Å². The summed E-state index contributed by atoms with van der Waals surface area (Å²) in [4.78, 5) is 16.2. The van der Waals surface area contributed by atoms with Crippen LogP contribution in [0.3, 0.4) is 0 Å². The summed E-state index contributed by atoms with van der Waals surface area (Å²) in [6, 6.07) is 13.0. The molecule has 9 heteroatoms. The first-order chi connectivity index (χ1) is 18.5. The summed E-state index contributed by atoms with van der Waals surface area (Å²) in [6.45, 7) is 2.56. The Morgan fingerprint density at radius 2 is 1.58 bits per heavy atom. The van der Waals surface area contributed by atoms with E-state index >= 15 is 0 Å². The molecule has 0 fully saturated rings. The van der Waals surface area contributed by atoms with Gasteiger partial charge in [0.25, 0.3) is 0 Å². The molecule has 3 rings (SSSR count). The van der Waals surface area contributed by atoms with E-state index in [1.54, 1.807) is 12.1 Å². The van der Waals surface area contributed by atoms with Crippen molar-refractivity contribution < 1.29 is 25.2 Å². The Morgan fingerprint density at radius 1 is 0.868 bits per heavy atom. The molecule has 2 aromatic carbocycles. The SMILES string of the molecule is O=c1[nH]c(O)c(Cc2ccc(CCCCOCCCCCCNC[C@H](O)c3ccc(O)c(CO)c3)cc2)[nH]1. The zero-order valence-electron chi connectivity index (χ0n) is 21.9. The molecule has 1 heterocycles. The number of aromatic hydroxyl groups is 2. The third kappa shape index (κ3) is 9.98. The van der Waals surface area contributed by atoms with E-state index in [1.807, 2.05) is 12.1 Å². The van der Waals surface area contributed by atoms with E-state index < -0.39 is 11.8 Å². The average Bonchev–Trinajstić information content (AvgIpc) is 3.23. The molecule has 0 saturated carbocycles. The third-order valence-electron chi connectivity index (χ3n) is 6.58. The van der Waals surface area contributed by atoms with Crippen LogP contribution in [-0.2, 0) is 24.2 Å². The largest absolute Gasteiger partial charge is 0.508 e. The van der Waals surface area contributed by atoms with Gasteiger partial charge in [0.05, 0.1) is 18.4 Å². The van der Waals surface area contributed by atoms with Crippen molar-refractivity contribution >= 4 is 0 Å². The maximum Gasteiger partial charge on any atom is 0.325 e. The minimum Gasteiger partial charge on any atom is -0.508 e. The number of hydrogen-bond acceptors (Lipinski definition) is 7. The summed E-state index contributed by atoms with van der Waals surface area (Å²) in [6.07, 6.45) is 7.18. The number of nitrogens with one attached hydrogen (secondary N) is 3. The number of aromatic amines is 2. The van der Waals surface area contributed by atoms with Crippen molar-refractivity contribution in [1.82, 2.24) is 15.3 Å². The predicted molar refractivity (Wildman–Crippen MR) is 146 cm³/mol. The molecule has 0 bridgehead atoms. The number of aliphatic hydroxyl groups excluding tert-OH is 2. The zero-order valence-corrected chi connectivity index (χ0v) is 21.9. The monoisotopic (exact) mass is 527 g/mol. The first-order valence-electron chi connectivity index (χ1n) is 13.4. The van der Waals surface area contributed by atoms with Crippen molar-refractivity contribution in [3.63, 3.8) is 0 Å². The van der Waals surface area contributed by atoms with E-state index in [0.29, 0.717) is 29.8 Å². The topological polar surface area (TPSA) is 151 Å². The number of rotatable bonds is 18. The van der Waals surface area contributed by atoms with Crippen LogP contribution >= 0.6 is 0 Å². The van der Waals surface area contributed by atoms with Gasteiger partial charge in [-0.2, -0.15) is 0 Å². The highest BCUT2D eigenvalue weighted by Gasteiger charge is 2.10. The molecular formula is C29H41N3O6. The van der Waals surface area contributed by atoms with Crippen LogP contribution in [0.25, 0.3) is 0 Å². The Labute approximate surface area is 223 Å².